The molecule has 0 spiro atoms. The van der Waals surface area contributed by atoms with Crippen molar-refractivity contribution >= 4 is 11.8 Å². The molecule has 1 aliphatic rings. The Labute approximate surface area is 94.4 Å². The molecule has 1 aromatic rings. The summed E-state index contributed by atoms with van der Waals surface area (Å²) in [5, 5.41) is 0. The molecule has 16 heavy (non-hydrogen) atoms. The lowest BCUT2D eigenvalue weighted by molar-refractivity contribution is -0.146. The fourth-order valence-electron chi connectivity index (χ4n) is 1.92. The van der Waals surface area contributed by atoms with Crippen LogP contribution < -0.4 is 0 Å². The van der Waals surface area contributed by atoms with Gasteiger partial charge in [-0.15, -0.1) is 0 Å². The molecule has 0 aliphatic heterocycles. The summed E-state index contributed by atoms with van der Waals surface area (Å²) >= 11 is 0. The fourth-order valence-corrected chi connectivity index (χ4v) is 1.92. The Morgan fingerprint density at radius 3 is 2.88 bits per heavy atom. The molecule has 84 valence electrons. The smallest absolute Gasteiger partial charge is 0.306 e. The molecule has 3 nitrogen and oxygen atoms in total. The molecule has 0 amide bonds. The van der Waals surface area contributed by atoms with Crippen LogP contribution in [0.25, 0.3) is 0 Å². The van der Waals surface area contributed by atoms with Crippen molar-refractivity contribution in [2.24, 2.45) is 0 Å². The van der Waals surface area contributed by atoms with Crippen LogP contribution in [-0.2, 0) is 16.0 Å². The Kier molecular flexibility index (Phi) is 3.04. The Balaban J connectivity index is 2.07. The number of fused-ring (bicyclic) bond motifs is 1. The maximum atomic E-state index is 11.9. The lowest BCUT2D eigenvalue weighted by Crippen LogP contribution is -2.23. The van der Waals surface area contributed by atoms with Gasteiger partial charge in [0.15, 0.2) is 6.10 Å². The number of carbonyl (C=O) groups is 2. The second kappa shape index (κ2) is 4.47. The molecule has 0 heterocycles. The Bertz CT molecular complexity index is 423. The minimum atomic E-state index is -0.601. The van der Waals surface area contributed by atoms with Gasteiger partial charge in [0, 0.05) is 18.4 Å². The number of rotatable bonds is 3. The summed E-state index contributed by atoms with van der Waals surface area (Å²) in [5.41, 5.74) is 1.67. The summed E-state index contributed by atoms with van der Waals surface area (Å²) in [7, 11) is 0. The zero-order valence-corrected chi connectivity index (χ0v) is 9.23. The number of hydrogen-bond donors (Lipinski definition) is 0. The van der Waals surface area contributed by atoms with Crippen LogP contribution in [0.15, 0.2) is 24.3 Å². The molecule has 0 fully saturated rings. The highest BCUT2D eigenvalue weighted by molar-refractivity contribution is 6.04. The highest BCUT2D eigenvalue weighted by Gasteiger charge is 2.32. The molecule has 0 radical (unpaired) electrons. The van der Waals surface area contributed by atoms with Crippen molar-refractivity contribution in [2.45, 2.75) is 32.3 Å². The van der Waals surface area contributed by atoms with Crippen LogP contribution >= 0.6 is 0 Å². The van der Waals surface area contributed by atoms with Crippen molar-refractivity contribution in [3.05, 3.63) is 35.4 Å². The topological polar surface area (TPSA) is 43.4 Å². The zero-order valence-electron chi connectivity index (χ0n) is 9.23. The van der Waals surface area contributed by atoms with E-state index in [1.807, 2.05) is 25.1 Å². The van der Waals surface area contributed by atoms with Crippen molar-refractivity contribution in [3.63, 3.8) is 0 Å². The maximum Gasteiger partial charge on any atom is 0.306 e. The molecular formula is C13H14O3. The van der Waals surface area contributed by atoms with Gasteiger partial charge in [-0.1, -0.05) is 31.2 Å². The van der Waals surface area contributed by atoms with Gasteiger partial charge < -0.3 is 4.74 Å². The lowest BCUT2D eigenvalue weighted by Gasteiger charge is -2.09. The van der Waals surface area contributed by atoms with Gasteiger partial charge in [0.25, 0.3) is 0 Å². The van der Waals surface area contributed by atoms with Gasteiger partial charge in [0.2, 0.25) is 5.78 Å². The van der Waals surface area contributed by atoms with E-state index in [0.29, 0.717) is 18.4 Å². The van der Waals surface area contributed by atoms with E-state index in [4.69, 9.17) is 4.74 Å². The second-order valence-corrected chi connectivity index (χ2v) is 3.95. The third-order valence-corrected chi connectivity index (χ3v) is 2.71. The summed E-state index contributed by atoms with van der Waals surface area (Å²) in [6.45, 7) is 1.91. The molecular weight excluding hydrogens is 204 g/mol. The number of esters is 1. The molecule has 0 saturated carbocycles. The van der Waals surface area contributed by atoms with Gasteiger partial charge in [0.05, 0.1) is 0 Å². The van der Waals surface area contributed by atoms with Gasteiger partial charge in [0.1, 0.15) is 0 Å². The number of ether oxygens (including phenoxy) is 1. The van der Waals surface area contributed by atoms with Crippen molar-refractivity contribution in [1.82, 2.24) is 0 Å². The average Bonchev–Trinajstić information content (AvgIpc) is 2.57. The van der Waals surface area contributed by atoms with Crippen LogP contribution in [0.2, 0.25) is 0 Å². The molecule has 0 saturated heterocycles. The van der Waals surface area contributed by atoms with E-state index in [-0.39, 0.29) is 11.8 Å². The third kappa shape index (κ3) is 1.98. The standard InChI is InChI=1S/C13H14O3/c1-2-5-12(14)16-11-8-9-6-3-4-7-10(9)13(11)15/h3-4,6-7,11H,2,5,8H2,1H3/t11-/m1/s1. The minimum Gasteiger partial charge on any atom is -0.454 e. The Morgan fingerprint density at radius 1 is 1.44 bits per heavy atom. The monoisotopic (exact) mass is 218 g/mol. The van der Waals surface area contributed by atoms with E-state index < -0.39 is 6.10 Å². The van der Waals surface area contributed by atoms with E-state index >= 15 is 0 Å². The molecule has 1 atom stereocenters. The number of carbonyl (C=O) groups excluding carboxylic acids is 2. The van der Waals surface area contributed by atoms with Gasteiger partial charge in [-0.05, 0) is 12.0 Å². The number of hydrogen-bond acceptors (Lipinski definition) is 3. The Hall–Kier alpha value is -1.64. The van der Waals surface area contributed by atoms with Gasteiger partial charge in [-0.25, -0.2) is 0 Å². The highest BCUT2D eigenvalue weighted by Crippen LogP contribution is 2.24. The fraction of sp³-hybridized carbons (Fsp3) is 0.385. The van der Waals surface area contributed by atoms with E-state index in [2.05, 4.69) is 0 Å². The normalized spacial score (nSPS) is 18.3. The van der Waals surface area contributed by atoms with Crippen LogP contribution in [0, 0.1) is 0 Å². The molecule has 3 heteroatoms. The number of ketones is 1. The quantitative estimate of drug-likeness (QED) is 0.730. The third-order valence-electron chi connectivity index (χ3n) is 2.71. The predicted molar refractivity (Wildman–Crippen MR) is 59.3 cm³/mol. The van der Waals surface area contributed by atoms with Crippen LogP contribution in [0.3, 0.4) is 0 Å². The molecule has 2 rings (SSSR count). The second-order valence-electron chi connectivity index (χ2n) is 3.95. The van der Waals surface area contributed by atoms with Gasteiger partial charge >= 0.3 is 5.97 Å². The highest BCUT2D eigenvalue weighted by atomic mass is 16.5. The van der Waals surface area contributed by atoms with Crippen molar-refractivity contribution in [3.8, 4) is 0 Å². The first-order valence-electron chi connectivity index (χ1n) is 5.54. The lowest BCUT2D eigenvalue weighted by atomic mass is 10.1. The molecule has 0 bridgehead atoms. The van der Waals surface area contributed by atoms with E-state index in [1.165, 1.54) is 0 Å². The van der Waals surface area contributed by atoms with Crippen LogP contribution in [-0.4, -0.2) is 17.9 Å². The average molecular weight is 218 g/mol. The first-order valence-corrected chi connectivity index (χ1v) is 5.54. The van der Waals surface area contributed by atoms with Crippen molar-refractivity contribution in [1.29, 1.82) is 0 Å². The Morgan fingerprint density at radius 2 is 2.19 bits per heavy atom. The molecule has 1 aromatic carbocycles. The van der Waals surface area contributed by atoms with E-state index in [9.17, 15) is 9.59 Å². The van der Waals surface area contributed by atoms with Crippen LogP contribution in [0.1, 0.15) is 35.7 Å². The van der Waals surface area contributed by atoms with Crippen LogP contribution in [0.5, 0.6) is 0 Å². The van der Waals surface area contributed by atoms with Gasteiger partial charge in [-0.2, -0.15) is 0 Å². The molecule has 0 unspecified atom stereocenters. The minimum absolute atomic E-state index is 0.0694. The maximum absolute atomic E-state index is 11.9. The predicted octanol–water partition coefficient (Wildman–Crippen LogP) is 2.14. The zero-order chi connectivity index (χ0) is 11.5. The summed E-state index contributed by atoms with van der Waals surface area (Å²) in [6, 6.07) is 7.40. The van der Waals surface area contributed by atoms with Crippen LogP contribution in [0.4, 0.5) is 0 Å². The number of Topliss-reactive ketones (excluding diaryl/α,β-unsaturated/α-hetero) is 1. The largest absolute Gasteiger partial charge is 0.454 e. The summed E-state index contributed by atoms with van der Waals surface area (Å²) in [5.74, 6) is -0.353. The summed E-state index contributed by atoms with van der Waals surface area (Å²) < 4.78 is 5.16. The van der Waals surface area contributed by atoms with Gasteiger partial charge in [-0.3, -0.25) is 9.59 Å². The van der Waals surface area contributed by atoms with Crippen molar-refractivity contribution < 1.29 is 14.3 Å². The molecule has 0 N–H and O–H groups in total. The van der Waals surface area contributed by atoms with Crippen molar-refractivity contribution in [2.75, 3.05) is 0 Å². The summed E-state index contributed by atoms with van der Waals surface area (Å²) in [4.78, 5) is 23.2. The summed E-state index contributed by atoms with van der Waals surface area (Å²) in [6.07, 6.45) is 1.04. The first-order chi connectivity index (χ1) is 7.72. The molecule has 0 aromatic heterocycles. The number of benzene rings is 1. The molecule has 1 aliphatic carbocycles. The SMILES string of the molecule is CCCC(=O)O[C@@H]1Cc2ccccc2C1=O. The van der Waals surface area contributed by atoms with E-state index in [1.54, 1.807) is 6.07 Å². The first kappa shape index (κ1) is 10.9. The van der Waals surface area contributed by atoms with E-state index in [0.717, 1.165) is 12.0 Å².